The Morgan fingerprint density at radius 2 is 2.08 bits per heavy atom. The Morgan fingerprint density at radius 3 is 2.80 bits per heavy atom. The van der Waals surface area contributed by atoms with Gasteiger partial charge in [0.2, 0.25) is 5.91 Å². The van der Waals surface area contributed by atoms with Crippen molar-refractivity contribution in [3.63, 3.8) is 0 Å². The van der Waals surface area contributed by atoms with Crippen molar-refractivity contribution in [1.29, 1.82) is 0 Å². The van der Waals surface area contributed by atoms with Gasteiger partial charge >= 0.3 is 0 Å². The summed E-state index contributed by atoms with van der Waals surface area (Å²) in [7, 11) is 0. The smallest absolute Gasteiger partial charge is 0.233 e. The van der Waals surface area contributed by atoms with Gasteiger partial charge in [-0.15, -0.1) is 0 Å². The summed E-state index contributed by atoms with van der Waals surface area (Å²) in [6, 6.07) is 8.80. The third-order valence-corrected chi connectivity index (χ3v) is 5.93. The molecule has 1 atom stereocenters. The van der Waals surface area contributed by atoms with Crippen LogP contribution in [0, 0.1) is 6.92 Å². The number of carbonyl (C=O) groups excluding carboxylic acids is 1. The number of carbonyl (C=O) groups is 1. The fraction of sp³-hybridized carbons (Fsp3) is 0.550. The normalized spacial score (nSPS) is 22.9. The molecule has 1 aliphatic heterocycles. The van der Waals surface area contributed by atoms with Crippen molar-refractivity contribution >= 4 is 5.91 Å². The molecule has 2 heterocycles. The SMILES string of the molecule is Cc1cccc(C2(C(=O)N3CCC[C@H](n4cncn4)C3)CCCC2)c1. The lowest BCUT2D eigenvalue weighted by molar-refractivity contribution is -0.139. The van der Waals surface area contributed by atoms with Gasteiger partial charge in [0.1, 0.15) is 12.7 Å². The van der Waals surface area contributed by atoms with Crippen LogP contribution in [-0.2, 0) is 10.2 Å². The van der Waals surface area contributed by atoms with E-state index in [0.717, 1.165) is 51.6 Å². The highest BCUT2D eigenvalue weighted by Gasteiger charge is 2.45. The summed E-state index contributed by atoms with van der Waals surface area (Å²) < 4.78 is 1.91. The molecule has 2 aromatic rings. The van der Waals surface area contributed by atoms with Gasteiger partial charge in [0, 0.05) is 13.1 Å². The average molecular weight is 338 g/mol. The minimum absolute atomic E-state index is 0.246. The van der Waals surface area contributed by atoms with E-state index in [-0.39, 0.29) is 11.5 Å². The van der Waals surface area contributed by atoms with Gasteiger partial charge in [-0.05, 0) is 38.2 Å². The van der Waals surface area contributed by atoms with Crippen molar-refractivity contribution in [3.8, 4) is 0 Å². The molecule has 0 unspecified atom stereocenters. The molecule has 1 aliphatic carbocycles. The number of benzene rings is 1. The standard InChI is InChI=1S/C20H26N4O/c1-16-6-4-7-17(12-16)20(9-2-3-10-20)19(25)23-11-5-8-18(13-23)24-15-21-14-22-24/h4,6-7,12,14-15,18H,2-3,5,8-11,13H2,1H3/t18-/m0/s1. The van der Waals surface area contributed by atoms with Crippen molar-refractivity contribution in [2.45, 2.75) is 56.9 Å². The molecule has 1 aromatic carbocycles. The lowest BCUT2D eigenvalue weighted by Crippen LogP contribution is -2.49. The fourth-order valence-electron chi connectivity index (χ4n) is 4.61. The summed E-state index contributed by atoms with van der Waals surface area (Å²) in [5.41, 5.74) is 2.12. The van der Waals surface area contributed by atoms with Gasteiger partial charge in [0.05, 0.1) is 11.5 Å². The summed E-state index contributed by atoms with van der Waals surface area (Å²) in [6.07, 6.45) is 9.65. The zero-order chi connectivity index (χ0) is 17.3. The molecule has 0 radical (unpaired) electrons. The second kappa shape index (κ2) is 6.62. The first kappa shape index (κ1) is 16.3. The monoisotopic (exact) mass is 338 g/mol. The molecular formula is C20H26N4O. The van der Waals surface area contributed by atoms with Gasteiger partial charge < -0.3 is 4.90 Å². The average Bonchev–Trinajstić information content (AvgIpc) is 3.34. The molecule has 1 saturated heterocycles. The molecule has 0 spiro atoms. The number of likely N-dealkylation sites (tertiary alicyclic amines) is 1. The molecule has 1 aromatic heterocycles. The molecule has 5 heteroatoms. The van der Waals surface area contributed by atoms with E-state index in [4.69, 9.17) is 0 Å². The molecule has 0 bridgehead atoms. The predicted molar refractivity (Wildman–Crippen MR) is 96.2 cm³/mol. The number of nitrogens with zero attached hydrogens (tertiary/aromatic N) is 4. The Kier molecular flexibility index (Phi) is 4.32. The van der Waals surface area contributed by atoms with Crippen molar-refractivity contribution < 1.29 is 4.79 Å². The van der Waals surface area contributed by atoms with Crippen LogP contribution in [0.2, 0.25) is 0 Å². The zero-order valence-corrected chi connectivity index (χ0v) is 14.9. The largest absolute Gasteiger partial charge is 0.340 e. The van der Waals surface area contributed by atoms with Crippen LogP contribution in [0.15, 0.2) is 36.9 Å². The summed E-state index contributed by atoms with van der Waals surface area (Å²) in [5.74, 6) is 0.320. The second-order valence-electron chi connectivity index (χ2n) is 7.58. The summed E-state index contributed by atoms with van der Waals surface area (Å²) in [4.78, 5) is 19.8. The Hall–Kier alpha value is -2.17. The fourth-order valence-corrected chi connectivity index (χ4v) is 4.61. The molecule has 1 amide bonds. The van der Waals surface area contributed by atoms with Gasteiger partial charge in [0.15, 0.2) is 0 Å². The molecule has 25 heavy (non-hydrogen) atoms. The zero-order valence-electron chi connectivity index (χ0n) is 14.9. The Bertz CT molecular complexity index is 734. The molecule has 0 N–H and O–H groups in total. The number of amides is 1. The minimum atomic E-state index is -0.323. The topological polar surface area (TPSA) is 51.0 Å². The quantitative estimate of drug-likeness (QED) is 0.863. The Morgan fingerprint density at radius 1 is 1.24 bits per heavy atom. The first-order valence-electron chi connectivity index (χ1n) is 9.40. The maximum Gasteiger partial charge on any atom is 0.233 e. The van der Waals surface area contributed by atoms with E-state index < -0.39 is 0 Å². The molecule has 132 valence electrons. The van der Waals surface area contributed by atoms with E-state index in [1.165, 1.54) is 11.1 Å². The maximum absolute atomic E-state index is 13.6. The van der Waals surface area contributed by atoms with E-state index in [1.807, 2.05) is 4.68 Å². The number of hydrogen-bond acceptors (Lipinski definition) is 3. The molecule has 4 rings (SSSR count). The van der Waals surface area contributed by atoms with Gasteiger partial charge in [-0.2, -0.15) is 5.10 Å². The van der Waals surface area contributed by atoms with Crippen LogP contribution in [0.3, 0.4) is 0 Å². The van der Waals surface area contributed by atoms with Crippen LogP contribution in [0.4, 0.5) is 0 Å². The third-order valence-electron chi connectivity index (χ3n) is 5.93. The second-order valence-corrected chi connectivity index (χ2v) is 7.58. The Balaban J connectivity index is 1.61. The van der Waals surface area contributed by atoms with Gasteiger partial charge in [-0.3, -0.25) is 4.79 Å². The minimum Gasteiger partial charge on any atom is -0.340 e. The lowest BCUT2D eigenvalue weighted by atomic mass is 9.76. The molecular weight excluding hydrogens is 312 g/mol. The summed E-state index contributed by atoms with van der Waals surface area (Å²) >= 11 is 0. The van der Waals surface area contributed by atoms with Crippen molar-refractivity contribution in [1.82, 2.24) is 19.7 Å². The van der Waals surface area contributed by atoms with Gasteiger partial charge in [-0.1, -0.05) is 42.7 Å². The lowest BCUT2D eigenvalue weighted by Gasteiger charge is -2.39. The highest BCUT2D eigenvalue weighted by molar-refractivity contribution is 5.88. The molecule has 2 fully saturated rings. The van der Waals surface area contributed by atoms with E-state index in [1.54, 1.807) is 12.7 Å². The van der Waals surface area contributed by atoms with Crippen molar-refractivity contribution in [3.05, 3.63) is 48.0 Å². The van der Waals surface area contributed by atoms with E-state index in [0.29, 0.717) is 5.91 Å². The third kappa shape index (κ3) is 2.96. The van der Waals surface area contributed by atoms with Crippen LogP contribution in [0.5, 0.6) is 0 Å². The summed E-state index contributed by atoms with van der Waals surface area (Å²) in [5, 5.41) is 4.29. The van der Waals surface area contributed by atoms with Crippen LogP contribution in [0.25, 0.3) is 0 Å². The van der Waals surface area contributed by atoms with Crippen molar-refractivity contribution in [2.24, 2.45) is 0 Å². The van der Waals surface area contributed by atoms with Crippen molar-refractivity contribution in [2.75, 3.05) is 13.1 Å². The van der Waals surface area contributed by atoms with Gasteiger partial charge in [-0.25, -0.2) is 9.67 Å². The first-order valence-corrected chi connectivity index (χ1v) is 9.40. The number of rotatable bonds is 3. The molecule has 2 aliphatic rings. The summed E-state index contributed by atoms with van der Waals surface area (Å²) in [6.45, 7) is 3.71. The first-order chi connectivity index (χ1) is 12.2. The number of aromatic nitrogens is 3. The van der Waals surface area contributed by atoms with E-state index in [9.17, 15) is 4.79 Å². The number of aryl methyl sites for hydroxylation is 1. The van der Waals surface area contributed by atoms with Crippen LogP contribution < -0.4 is 0 Å². The molecule has 1 saturated carbocycles. The van der Waals surface area contributed by atoms with Crippen LogP contribution in [0.1, 0.15) is 55.7 Å². The predicted octanol–water partition coefficient (Wildman–Crippen LogP) is 3.26. The van der Waals surface area contributed by atoms with E-state index >= 15 is 0 Å². The maximum atomic E-state index is 13.6. The van der Waals surface area contributed by atoms with Crippen LogP contribution >= 0.6 is 0 Å². The Labute approximate surface area is 149 Å². The number of piperidine rings is 1. The number of hydrogen-bond donors (Lipinski definition) is 0. The van der Waals surface area contributed by atoms with Gasteiger partial charge in [0.25, 0.3) is 0 Å². The highest BCUT2D eigenvalue weighted by atomic mass is 16.2. The molecule has 5 nitrogen and oxygen atoms in total. The highest BCUT2D eigenvalue weighted by Crippen LogP contribution is 2.43. The van der Waals surface area contributed by atoms with E-state index in [2.05, 4.69) is 46.2 Å². The van der Waals surface area contributed by atoms with Crippen LogP contribution in [-0.4, -0.2) is 38.7 Å².